The molecule has 4 rings (SSSR count). The molecule has 3 heterocycles. The first-order valence-corrected chi connectivity index (χ1v) is 7.60. The third kappa shape index (κ3) is 2.59. The molecular formula is C19H17N3O. The Morgan fingerprint density at radius 1 is 1.09 bits per heavy atom. The Bertz CT molecular complexity index is 924. The fourth-order valence-corrected chi connectivity index (χ4v) is 2.70. The van der Waals surface area contributed by atoms with E-state index in [4.69, 9.17) is 9.40 Å². The van der Waals surface area contributed by atoms with Crippen LogP contribution in [0.5, 0.6) is 0 Å². The van der Waals surface area contributed by atoms with Crippen LogP contribution in [0.15, 0.2) is 71.7 Å². The number of aromatic nitrogens is 2. The molecular weight excluding hydrogens is 286 g/mol. The molecule has 0 aliphatic rings. The lowest BCUT2D eigenvalue weighted by Crippen LogP contribution is -2.03. The van der Waals surface area contributed by atoms with Crippen molar-refractivity contribution in [2.45, 2.75) is 13.5 Å². The highest BCUT2D eigenvalue weighted by molar-refractivity contribution is 5.76. The molecule has 0 amide bonds. The molecule has 1 N–H and O–H groups in total. The van der Waals surface area contributed by atoms with Gasteiger partial charge in [-0.15, -0.1) is 0 Å². The number of aryl methyl sites for hydroxylation is 1. The Kier molecular flexibility index (Phi) is 3.35. The van der Waals surface area contributed by atoms with E-state index in [2.05, 4.69) is 41.0 Å². The summed E-state index contributed by atoms with van der Waals surface area (Å²) in [4.78, 5) is 4.75. The summed E-state index contributed by atoms with van der Waals surface area (Å²) in [5.41, 5.74) is 5.22. The van der Waals surface area contributed by atoms with Crippen LogP contribution in [0.3, 0.4) is 0 Å². The van der Waals surface area contributed by atoms with Crippen molar-refractivity contribution < 1.29 is 4.42 Å². The van der Waals surface area contributed by atoms with Crippen molar-refractivity contribution in [2.24, 2.45) is 0 Å². The molecule has 0 saturated carbocycles. The molecule has 0 aliphatic heterocycles. The average molecular weight is 303 g/mol. The first-order chi connectivity index (χ1) is 11.3. The number of rotatable bonds is 4. The number of nitrogens with one attached hydrogen (secondary N) is 1. The first-order valence-electron chi connectivity index (χ1n) is 7.60. The number of benzene rings is 1. The molecule has 114 valence electrons. The Morgan fingerprint density at radius 2 is 1.96 bits per heavy atom. The van der Waals surface area contributed by atoms with Crippen molar-refractivity contribution in [3.8, 4) is 11.3 Å². The smallest absolute Gasteiger partial charge is 0.139 e. The monoisotopic (exact) mass is 303 g/mol. The number of hydrogen-bond acceptors (Lipinski definition) is 3. The summed E-state index contributed by atoms with van der Waals surface area (Å²) in [6, 6.07) is 16.4. The van der Waals surface area contributed by atoms with Gasteiger partial charge in [0.15, 0.2) is 0 Å². The van der Waals surface area contributed by atoms with Crippen molar-refractivity contribution in [1.29, 1.82) is 0 Å². The number of hydrogen-bond donors (Lipinski definition) is 1. The van der Waals surface area contributed by atoms with E-state index in [9.17, 15) is 0 Å². The second kappa shape index (κ2) is 5.65. The third-order valence-electron chi connectivity index (χ3n) is 3.86. The van der Waals surface area contributed by atoms with E-state index in [0.29, 0.717) is 0 Å². The lowest BCUT2D eigenvalue weighted by molar-refractivity contribution is 0.568. The van der Waals surface area contributed by atoms with Crippen molar-refractivity contribution in [1.82, 2.24) is 9.38 Å². The SMILES string of the molecule is Cc1ccc2nc(-c3ccoc3)c(NCc3ccccc3)n2c1. The van der Waals surface area contributed by atoms with Gasteiger partial charge in [-0.05, 0) is 30.2 Å². The molecule has 0 fully saturated rings. The molecule has 0 radical (unpaired) electrons. The van der Waals surface area contributed by atoms with E-state index in [0.717, 1.165) is 29.3 Å². The predicted molar refractivity (Wildman–Crippen MR) is 91.4 cm³/mol. The van der Waals surface area contributed by atoms with E-state index in [1.807, 2.05) is 30.3 Å². The Balaban J connectivity index is 1.79. The van der Waals surface area contributed by atoms with Crippen molar-refractivity contribution in [3.63, 3.8) is 0 Å². The van der Waals surface area contributed by atoms with Crippen molar-refractivity contribution in [3.05, 3.63) is 78.4 Å². The summed E-state index contributed by atoms with van der Waals surface area (Å²) in [6.45, 7) is 2.82. The van der Waals surface area contributed by atoms with E-state index in [1.165, 1.54) is 11.1 Å². The standard InChI is InChI=1S/C19H17N3O/c1-14-7-8-17-21-18(16-9-10-23-13-16)19(22(17)12-14)20-11-15-5-3-2-4-6-15/h2-10,12-13,20H,11H2,1H3. The summed E-state index contributed by atoms with van der Waals surface area (Å²) in [7, 11) is 0. The summed E-state index contributed by atoms with van der Waals surface area (Å²) in [5.74, 6) is 0.981. The zero-order valence-electron chi connectivity index (χ0n) is 12.9. The highest BCUT2D eigenvalue weighted by Crippen LogP contribution is 2.29. The predicted octanol–water partition coefficient (Wildman–Crippen LogP) is 4.51. The van der Waals surface area contributed by atoms with Gasteiger partial charge >= 0.3 is 0 Å². The Labute approximate surface area is 134 Å². The van der Waals surface area contributed by atoms with Crippen LogP contribution in [0.4, 0.5) is 5.82 Å². The minimum Gasteiger partial charge on any atom is -0.472 e. The highest BCUT2D eigenvalue weighted by Gasteiger charge is 2.14. The number of imidazole rings is 1. The zero-order valence-corrected chi connectivity index (χ0v) is 12.9. The van der Waals surface area contributed by atoms with Crippen LogP contribution in [0, 0.1) is 6.92 Å². The second-order valence-corrected chi connectivity index (χ2v) is 5.59. The van der Waals surface area contributed by atoms with Crippen molar-refractivity contribution >= 4 is 11.5 Å². The minimum absolute atomic E-state index is 0.743. The van der Waals surface area contributed by atoms with Crippen LogP contribution < -0.4 is 5.32 Å². The molecule has 4 nitrogen and oxygen atoms in total. The molecule has 0 aliphatic carbocycles. The summed E-state index contributed by atoms with van der Waals surface area (Å²) >= 11 is 0. The van der Waals surface area contributed by atoms with Gasteiger partial charge in [-0.25, -0.2) is 4.98 Å². The lowest BCUT2D eigenvalue weighted by Gasteiger charge is -2.08. The Hall–Kier alpha value is -3.01. The summed E-state index contributed by atoms with van der Waals surface area (Å²) in [5, 5.41) is 3.53. The molecule has 0 spiro atoms. The quantitative estimate of drug-likeness (QED) is 0.603. The van der Waals surface area contributed by atoms with Gasteiger partial charge in [0.05, 0.1) is 12.5 Å². The second-order valence-electron chi connectivity index (χ2n) is 5.59. The van der Waals surface area contributed by atoms with Crippen LogP contribution in [-0.4, -0.2) is 9.38 Å². The fraction of sp³-hybridized carbons (Fsp3) is 0.105. The van der Waals surface area contributed by atoms with Gasteiger partial charge in [0.2, 0.25) is 0 Å². The Morgan fingerprint density at radius 3 is 2.74 bits per heavy atom. The number of pyridine rings is 1. The van der Waals surface area contributed by atoms with E-state index in [1.54, 1.807) is 12.5 Å². The largest absolute Gasteiger partial charge is 0.472 e. The minimum atomic E-state index is 0.743. The van der Waals surface area contributed by atoms with E-state index < -0.39 is 0 Å². The van der Waals surface area contributed by atoms with Crippen LogP contribution in [0.1, 0.15) is 11.1 Å². The van der Waals surface area contributed by atoms with Gasteiger partial charge < -0.3 is 9.73 Å². The maximum atomic E-state index is 5.23. The molecule has 0 unspecified atom stereocenters. The topological polar surface area (TPSA) is 42.5 Å². The highest BCUT2D eigenvalue weighted by atomic mass is 16.3. The van der Waals surface area contributed by atoms with Gasteiger partial charge in [-0.2, -0.15) is 0 Å². The maximum absolute atomic E-state index is 5.23. The number of fused-ring (bicyclic) bond motifs is 1. The molecule has 0 saturated heterocycles. The van der Waals surface area contributed by atoms with Crippen molar-refractivity contribution in [2.75, 3.05) is 5.32 Å². The number of anilines is 1. The first kappa shape index (κ1) is 13.6. The molecule has 1 aromatic carbocycles. The molecule has 0 bridgehead atoms. The fourth-order valence-electron chi connectivity index (χ4n) is 2.70. The number of furan rings is 1. The van der Waals surface area contributed by atoms with E-state index >= 15 is 0 Å². The van der Waals surface area contributed by atoms with Crippen LogP contribution in [-0.2, 0) is 6.54 Å². The van der Waals surface area contributed by atoms with E-state index in [-0.39, 0.29) is 0 Å². The van der Waals surface area contributed by atoms with Gasteiger partial charge in [-0.1, -0.05) is 36.4 Å². The maximum Gasteiger partial charge on any atom is 0.139 e. The van der Waals surface area contributed by atoms with Gasteiger partial charge in [0.25, 0.3) is 0 Å². The van der Waals surface area contributed by atoms with Gasteiger partial charge in [-0.3, -0.25) is 4.40 Å². The van der Waals surface area contributed by atoms with Crippen LogP contribution in [0.2, 0.25) is 0 Å². The molecule has 23 heavy (non-hydrogen) atoms. The summed E-state index contributed by atoms with van der Waals surface area (Å²) in [6.07, 6.45) is 5.49. The molecule has 4 aromatic rings. The normalized spacial score (nSPS) is 11.0. The summed E-state index contributed by atoms with van der Waals surface area (Å²) < 4.78 is 7.33. The van der Waals surface area contributed by atoms with Crippen LogP contribution in [0.25, 0.3) is 16.9 Å². The van der Waals surface area contributed by atoms with Gasteiger partial charge in [0, 0.05) is 18.3 Å². The van der Waals surface area contributed by atoms with Gasteiger partial charge in [0.1, 0.15) is 17.2 Å². The van der Waals surface area contributed by atoms with Crippen LogP contribution >= 0.6 is 0 Å². The average Bonchev–Trinajstić information content (AvgIpc) is 3.21. The lowest BCUT2D eigenvalue weighted by atomic mass is 10.2. The zero-order chi connectivity index (χ0) is 15.6. The molecule has 3 aromatic heterocycles. The number of nitrogens with zero attached hydrogens (tertiary/aromatic N) is 2. The molecule has 4 heteroatoms. The third-order valence-corrected chi connectivity index (χ3v) is 3.86. The molecule has 0 atom stereocenters.